The molecule has 0 saturated heterocycles. The van der Waals surface area contributed by atoms with Crippen LogP contribution in [0.2, 0.25) is 5.15 Å². The van der Waals surface area contributed by atoms with Gasteiger partial charge in [0.2, 0.25) is 0 Å². The van der Waals surface area contributed by atoms with Crippen LogP contribution in [0.5, 0.6) is 0 Å². The highest BCUT2D eigenvalue weighted by Crippen LogP contribution is 2.22. The Morgan fingerprint density at radius 3 is 2.32 bits per heavy atom. The summed E-state index contributed by atoms with van der Waals surface area (Å²) in [6, 6.07) is 8.33. The highest BCUT2D eigenvalue weighted by Gasteiger charge is 2.07. The molecule has 0 radical (unpaired) electrons. The Labute approximate surface area is 133 Å². The fourth-order valence-electron chi connectivity index (χ4n) is 2.13. The molecule has 1 N–H and O–H groups in total. The van der Waals surface area contributed by atoms with Crippen molar-refractivity contribution in [3.63, 3.8) is 0 Å². The van der Waals surface area contributed by atoms with Gasteiger partial charge in [0.15, 0.2) is 0 Å². The lowest BCUT2D eigenvalue weighted by Gasteiger charge is -2.15. The van der Waals surface area contributed by atoms with E-state index in [-0.39, 0.29) is 6.04 Å². The Balaban J connectivity index is 1.75. The topological polar surface area (TPSA) is 63.6 Å². The van der Waals surface area contributed by atoms with Gasteiger partial charge in [-0.2, -0.15) is 0 Å². The van der Waals surface area contributed by atoms with Crippen LogP contribution in [-0.2, 0) is 0 Å². The largest absolute Gasteiger partial charge is 0.362 e. The van der Waals surface area contributed by atoms with Crippen LogP contribution in [0.3, 0.4) is 0 Å². The summed E-state index contributed by atoms with van der Waals surface area (Å²) in [6.07, 6.45) is 8.28. The molecule has 0 aliphatic rings. The van der Waals surface area contributed by atoms with E-state index in [2.05, 4.69) is 56.4 Å². The maximum atomic E-state index is 5.84. The van der Waals surface area contributed by atoms with Gasteiger partial charge in [-0.05, 0) is 18.1 Å². The van der Waals surface area contributed by atoms with E-state index in [9.17, 15) is 0 Å². The molecule has 1 atom stereocenters. The fraction of sp³-hybridized carbons (Fsp3) is 0.125. The van der Waals surface area contributed by atoms with Gasteiger partial charge in [0.05, 0.1) is 12.4 Å². The normalized spacial score (nSPS) is 11.9. The molecule has 3 rings (SSSR count). The summed E-state index contributed by atoms with van der Waals surface area (Å²) in [5.74, 6) is 0.653. The third kappa shape index (κ3) is 3.38. The van der Waals surface area contributed by atoms with E-state index in [0.29, 0.717) is 11.0 Å². The van der Waals surface area contributed by atoms with Crippen molar-refractivity contribution in [1.82, 2.24) is 19.9 Å². The molecule has 0 aliphatic heterocycles. The quantitative estimate of drug-likeness (QED) is 0.794. The highest BCUT2D eigenvalue weighted by atomic mass is 35.5. The van der Waals surface area contributed by atoms with Crippen molar-refractivity contribution in [3.8, 4) is 11.1 Å². The molecule has 0 saturated carbocycles. The number of aromatic nitrogens is 4. The van der Waals surface area contributed by atoms with E-state index < -0.39 is 0 Å². The zero-order chi connectivity index (χ0) is 15.4. The lowest BCUT2D eigenvalue weighted by atomic mass is 10.0. The second kappa shape index (κ2) is 6.49. The second-order valence-corrected chi connectivity index (χ2v) is 5.23. The van der Waals surface area contributed by atoms with E-state index >= 15 is 0 Å². The van der Waals surface area contributed by atoms with Crippen LogP contribution < -0.4 is 5.32 Å². The number of nitrogens with one attached hydrogen (secondary N) is 1. The number of hydrogen-bond acceptors (Lipinski definition) is 5. The van der Waals surface area contributed by atoms with Crippen molar-refractivity contribution in [1.29, 1.82) is 0 Å². The summed E-state index contributed by atoms with van der Waals surface area (Å²) in [7, 11) is 0. The predicted octanol–water partition coefficient (Wildman–Crippen LogP) is 3.76. The molecule has 6 heteroatoms. The highest BCUT2D eigenvalue weighted by molar-refractivity contribution is 6.29. The minimum absolute atomic E-state index is 0.0915. The van der Waals surface area contributed by atoms with Crippen LogP contribution in [0.25, 0.3) is 11.1 Å². The maximum absolute atomic E-state index is 5.84. The second-order valence-electron chi connectivity index (χ2n) is 4.84. The number of benzene rings is 1. The van der Waals surface area contributed by atoms with Crippen LogP contribution in [0, 0.1) is 0 Å². The summed E-state index contributed by atoms with van der Waals surface area (Å²) in [5.41, 5.74) is 3.22. The molecule has 3 aromatic rings. The summed E-state index contributed by atoms with van der Waals surface area (Å²) >= 11 is 5.84. The number of nitrogens with zero attached hydrogens (tertiary/aromatic N) is 4. The molecule has 2 heterocycles. The van der Waals surface area contributed by atoms with E-state index in [1.54, 1.807) is 18.6 Å². The first kappa shape index (κ1) is 14.4. The van der Waals surface area contributed by atoms with Gasteiger partial charge in [-0.15, -0.1) is 0 Å². The summed E-state index contributed by atoms with van der Waals surface area (Å²) in [5, 5.41) is 3.65. The smallest absolute Gasteiger partial charge is 0.149 e. The molecule has 2 aromatic heterocycles. The van der Waals surface area contributed by atoms with Crippen molar-refractivity contribution in [2.24, 2.45) is 0 Å². The first-order valence-corrected chi connectivity index (χ1v) is 7.19. The third-order valence-corrected chi connectivity index (χ3v) is 3.46. The molecule has 0 aliphatic carbocycles. The molecule has 5 nitrogen and oxygen atoms in total. The molecule has 0 amide bonds. The van der Waals surface area contributed by atoms with Crippen LogP contribution in [0.4, 0.5) is 5.82 Å². The van der Waals surface area contributed by atoms with E-state index in [4.69, 9.17) is 11.6 Å². The van der Waals surface area contributed by atoms with Gasteiger partial charge in [0, 0.05) is 24.0 Å². The van der Waals surface area contributed by atoms with Crippen molar-refractivity contribution < 1.29 is 0 Å². The van der Waals surface area contributed by atoms with Gasteiger partial charge in [-0.25, -0.2) is 15.0 Å². The van der Waals surface area contributed by atoms with Crippen molar-refractivity contribution in [2.75, 3.05) is 5.32 Å². The monoisotopic (exact) mass is 311 g/mol. The Bertz CT molecular complexity index is 746. The number of halogens is 1. The number of rotatable bonds is 4. The molecule has 0 spiro atoms. The Kier molecular flexibility index (Phi) is 4.25. The molecule has 1 aromatic carbocycles. The zero-order valence-corrected chi connectivity index (χ0v) is 12.7. The zero-order valence-electron chi connectivity index (χ0n) is 11.9. The average molecular weight is 312 g/mol. The van der Waals surface area contributed by atoms with E-state index in [1.165, 1.54) is 12.5 Å². The van der Waals surface area contributed by atoms with Crippen molar-refractivity contribution in [2.45, 2.75) is 13.0 Å². The molecule has 22 heavy (non-hydrogen) atoms. The summed E-state index contributed by atoms with van der Waals surface area (Å²) < 4.78 is 0. The maximum Gasteiger partial charge on any atom is 0.149 e. The molecule has 110 valence electrons. The Morgan fingerprint density at radius 1 is 0.909 bits per heavy atom. The van der Waals surface area contributed by atoms with Gasteiger partial charge in [0.25, 0.3) is 0 Å². The first-order valence-electron chi connectivity index (χ1n) is 6.82. The Hall–Kier alpha value is -2.53. The molecular weight excluding hydrogens is 298 g/mol. The van der Waals surface area contributed by atoms with Gasteiger partial charge in [0.1, 0.15) is 17.3 Å². The lowest BCUT2D eigenvalue weighted by molar-refractivity contribution is 0.871. The fourth-order valence-corrected chi connectivity index (χ4v) is 2.28. The standard InChI is InChI=1S/C16H14ClN5/c1-11(21-16-9-18-8-15(17)22-16)12-2-4-13(5-3-12)14-6-19-10-20-7-14/h2-11H,1H3,(H,21,22)/t11-/m0/s1. The van der Waals surface area contributed by atoms with Crippen LogP contribution in [0.15, 0.2) is 55.4 Å². The number of hydrogen-bond donors (Lipinski definition) is 1. The van der Waals surface area contributed by atoms with E-state index in [1.807, 2.05) is 0 Å². The molecule has 0 fully saturated rings. The molecular formula is C16H14ClN5. The minimum atomic E-state index is 0.0915. The van der Waals surface area contributed by atoms with Gasteiger partial charge < -0.3 is 5.32 Å². The summed E-state index contributed by atoms with van der Waals surface area (Å²) in [4.78, 5) is 16.3. The summed E-state index contributed by atoms with van der Waals surface area (Å²) in [6.45, 7) is 2.06. The average Bonchev–Trinajstić information content (AvgIpc) is 2.56. The lowest BCUT2D eigenvalue weighted by Crippen LogP contribution is -2.08. The van der Waals surface area contributed by atoms with Crippen LogP contribution >= 0.6 is 11.6 Å². The van der Waals surface area contributed by atoms with Crippen molar-refractivity contribution in [3.05, 3.63) is 66.1 Å². The third-order valence-electron chi connectivity index (χ3n) is 3.27. The predicted molar refractivity (Wildman–Crippen MR) is 86.5 cm³/mol. The van der Waals surface area contributed by atoms with E-state index in [0.717, 1.165) is 16.7 Å². The van der Waals surface area contributed by atoms with Crippen molar-refractivity contribution >= 4 is 17.4 Å². The first-order chi connectivity index (χ1) is 10.7. The number of anilines is 1. The minimum Gasteiger partial charge on any atom is -0.362 e. The van der Waals surface area contributed by atoms with Crippen LogP contribution in [-0.4, -0.2) is 19.9 Å². The van der Waals surface area contributed by atoms with Gasteiger partial charge in [-0.3, -0.25) is 4.98 Å². The van der Waals surface area contributed by atoms with Crippen LogP contribution in [0.1, 0.15) is 18.5 Å². The molecule has 0 bridgehead atoms. The van der Waals surface area contributed by atoms with Gasteiger partial charge >= 0.3 is 0 Å². The van der Waals surface area contributed by atoms with Gasteiger partial charge in [-0.1, -0.05) is 35.9 Å². The SMILES string of the molecule is C[C@H](Nc1cncc(Cl)n1)c1ccc(-c2cncnc2)cc1. The Morgan fingerprint density at radius 2 is 1.64 bits per heavy atom. The molecule has 0 unspecified atom stereocenters.